The molecule has 2 rings (SSSR count). The van der Waals surface area contributed by atoms with Crippen LogP contribution in [0.3, 0.4) is 0 Å². The van der Waals surface area contributed by atoms with Crippen molar-refractivity contribution in [1.29, 1.82) is 0 Å². The topological polar surface area (TPSA) is 30.5 Å². The number of ether oxygens (including phenoxy) is 2. The summed E-state index contributed by atoms with van der Waals surface area (Å²) < 4.78 is 11.3. The smallest absolute Gasteiger partial charge is 0.161 e. The van der Waals surface area contributed by atoms with E-state index >= 15 is 0 Å². The normalized spacial score (nSPS) is 10.2. The van der Waals surface area contributed by atoms with E-state index in [1.54, 1.807) is 18.4 Å². The first-order valence-corrected chi connectivity index (χ1v) is 8.74. The maximum atomic E-state index is 5.85. The Morgan fingerprint density at radius 2 is 2.00 bits per heavy atom. The molecular weight excluding hydrogens is 330 g/mol. The van der Waals surface area contributed by atoms with Gasteiger partial charge in [0.15, 0.2) is 11.5 Å². The SMILES string of the molecule is CCCCCNCc1ccc(OCc2cccs2)c(OC)c1.Cl. The van der Waals surface area contributed by atoms with Gasteiger partial charge >= 0.3 is 0 Å². The van der Waals surface area contributed by atoms with Crippen molar-refractivity contribution in [3.05, 3.63) is 46.2 Å². The number of halogens is 1. The number of rotatable bonds is 10. The van der Waals surface area contributed by atoms with E-state index in [0.29, 0.717) is 6.61 Å². The molecule has 0 bridgehead atoms. The van der Waals surface area contributed by atoms with Crippen LogP contribution in [0, 0.1) is 0 Å². The van der Waals surface area contributed by atoms with Crippen molar-refractivity contribution in [3.63, 3.8) is 0 Å². The molecule has 23 heavy (non-hydrogen) atoms. The lowest BCUT2D eigenvalue weighted by Crippen LogP contribution is -2.14. The summed E-state index contributed by atoms with van der Waals surface area (Å²) in [6.07, 6.45) is 3.77. The van der Waals surface area contributed by atoms with E-state index < -0.39 is 0 Å². The summed E-state index contributed by atoms with van der Waals surface area (Å²) in [5, 5.41) is 5.53. The van der Waals surface area contributed by atoms with Gasteiger partial charge < -0.3 is 14.8 Å². The fraction of sp³-hybridized carbons (Fsp3) is 0.444. The Kier molecular flexibility index (Phi) is 9.76. The maximum absolute atomic E-state index is 5.85. The summed E-state index contributed by atoms with van der Waals surface area (Å²) in [6, 6.07) is 10.3. The molecule has 0 aliphatic heterocycles. The van der Waals surface area contributed by atoms with Crippen LogP contribution in [0.1, 0.15) is 36.6 Å². The maximum Gasteiger partial charge on any atom is 0.161 e. The van der Waals surface area contributed by atoms with Crippen molar-refractivity contribution >= 4 is 23.7 Å². The lowest BCUT2D eigenvalue weighted by atomic mass is 10.2. The molecule has 3 nitrogen and oxygen atoms in total. The monoisotopic (exact) mass is 355 g/mol. The second-order valence-corrected chi connectivity index (χ2v) is 6.27. The molecule has 0 atom stereocenters. The first-order chi connectivity index (χ1) is 10.8. The third kappa shape index (κ3) is 6.81. The standard InChI is InChI=1S/C18H25NO2S.ClH/c1-3-4-5-10-19-13-15-8-9-17(18(12-15)20-2)21-14-16-7-6-11-22-16;/h6-9,11-12,19H,3-5,10,13-14H2,1-2H3;1H. The van der Waals surface area contributed by atoms with E-state index in [1.165, 1.54) is 29.7 Å². The third-order valence-electron chi connectivity index (χ3n) is 3.46. The van der Waals surface area contributed by atoms with E-state index in [1.807, 2.05) is 12.1 Å². The van der Waals surface area contributed by atoms with E-state index in [-0.39, 0.29) is 12.4 Å². The van der Waals surface area contributed by atoms with Crippen molar-refractivity contribution in [2.24, 2.45) is 0 Å². The second-order valence-electron chi connectivity index (χ2n) is 5.24. The van der Waals surface area contributed by atoms with Crippen LogP contribution < -0.4 is 14.8 Å². The Bertz CT molecular complexity index is 546. The number of hydrogen-bond donors (Lipinski definition) is 1. The minimum atomic E-state index is 0. The largest absolute Gasteiger partial charge is 0.493 e. The molecule has 2 aromatic rings. The highest BCUT2D eigenvalue weighted by Crippen LogP contribution is 2.29. The van der Waals surface area contributed by atoms with Crippen molar-refractivity contribution in [2.45, 2.75) is 39.3 Å². The summed E-state index contributed by atoms with van der Waals surface area (Å²) in [7, 11) is 1.69. The molecule has 0 spiro atoms. The fourth-order valence-electron chi connectivity index (χ4n) is 2.22. The molecule has 1 heterocycles. The third-order valence-corrected chi connectivity index (χ3v) is 4.31. The van der Waals surface area contributed by atoms with Gasteiger partial charge in [-0.2, -0.15) is 0 Å². The summed E-state index contributed by atoms with van der Waals surface area (Å²) in [6.45, 7) is 4.74. The molecule has 1 aromatic heterocycles. The predicted octanol–water partition coefficient (Wildman–Crippen LogP) is 5.04. The van der Waals surface area contributed by atoms with Gasteiger partial charge in [0, 0.05) is 11.4 Å². The molecule has 1 N–H and O–H groups in total. The Labute approximate surface area is 149 Å². The average Bonchev–Trinajstić information content (AvgIpc) is 3.06. The zero-order valence-corrected chi connectivity index (χ0v) is 15.5. The first-order valence-electron chi connectivity index (χ1n) is 7.86. The second kappa shape index (κ2) is 11.3. The molecule has 0 aliphatic carbocycles. The van der Waals surface area contributed by atoms with Crippen molar-refractivity contribution in [3.8, 4) is 11.5 Å². The summed E-state index contributed by atoms with van der Waals surface area (Å²) in [5.74, 6) is 1.59. The van der Waals surface area contributed by atoms with Crippen LogP contribution in [-0.4, -0.2) is 13.7 Å². The molecule has 0 radical (unpaired) electrons. The Balaban J connectivity index is 0.00000264. The zero-order chi connectivity index (χ0) is 15.6. The average molecular weight is 356 g/mol. The Morgan fingerprint density at radius 3 is 2.70 bits per heavy atom. The molecule has 0 aliphatic rings. The lowest BCUT2D eigenvalue weighted by Gasteiger charge is -2.12. The number of benzene rings is 1. The van der Waals surface area contributed by atoms with E-state index in [9.17, 15) is 0 Å². The summed E-state index contributed by atoms with van der Waals surface area (Å²) in [5.41, 5.74) is 1.22. The van der Waals surface area contributed by atoms with E-state index in [2.05, 4.69) is 35.8 Å². The summed E-state index contributed by atoms with van der Waals surface area (Å²) in [4.78, 5) is 1.21. The van der Waals surface area contributed by atoms with E-state index in [4.69, 9.17) is 9.47 Å². The molecule has 0 fully saturated rings. The molecule has 0 unspecified atom stereocenters. The highest BCUT2D eigenvalue weighted by molar-refractivity contribution is 7.09. The predicted molar refractivity (Wildman–Crippen MR) is 100 cm³/mol. The Hall–Kier alpha value is -1.23. The minimum Gasteiger partial charge on any atom is -0.493 e. The van der Waals surface area contributed by atoms with Crippen LogP contribution >= 0.6 is 23.7 Å². The number of hydrogen-bond acceptors (Lipinski definition) is 4. The number of thiophene rings is 1. The van der Waals surface area contributed by atoms with Gasteiger partial charge in [-0.1, -0.05) is 31.9 Å². The molecular formula is C18H26ClNO2S. The van der Waals surface area contributed by atoms with Gasteiger partial charge in [-0.05, 0) is 42.1 Å². The van der Waals surface area contributed by atoms with Gasteiger partial charge in [-0.3, -0.25) is 0 Å². The van der Waals surface area contributed by atoms with E-state index in [0.717, 1.165) is 24.6 Å². The van der Waals surface area contributed by atoms with Crippen molar-refractivity contribution in [2.75, 3.05) is 13.7 Å². The van der Waals surface area contributed by atoms with Crippen LogP contribution in [-0.2, 0) is 13.2 Å². The highest BCUT2D eigenvalue weighted by atomic mass is 35.5. The quantitative estimate of drug-likeness (QED) is 0.606. The molecule has 0 saturated heterocycles. The zero-order valence-electron chi connectivity index (χ0n) is 13.8. The van der Waals surface area contributed by atoms with Crippen LogP contribution in [0.2, 0.25) is 0 Å². The first kappa shape index (κ1) is 19.8. The fourth-order valence-corrected chi connectivity index (χ4v) is 2.83. The van der Waals surface area contributed by atoms with Gasteiger partial charge in [0.05, 0.1) is 7.11 Å². The highest BCUT2D eigenvalue weighted by Gasteiger charge is 2.06. The number of unbranched alkanes of at least 4 members (excludes halogenated alkanes) is 2. The molecule has 128 valence electrons. The van der Waals surface area contributed by atoms with Crippen LogP contribution in [0.15, 0.2) is 35.7 Å². The number of nitrogens with one attached hydrogen (secondary N) is 1. The molecule has 0 saturated carbocycles. The van der Waals surface area contributed by atoms with Gasteiger partial charge in [-0.25, -0.2) is 0 Å². The van der Waals surface area contributed by atoms with Gasteiger partial charge in [0.1, 0.15) is 6.61 Å². The molecule has 1 aromatic carbocycles. The van der Waals surface area contributed by atoms with Crippen LogP contribution in [0.4, 0.5) is 0 Å². The molecule has 5 heteroatoms. The lowest BCUT2D eigenvalue weighted by molar-refractivity contribution is 0.287. The summed E-state index contributed by atoms with van der Waals surface area (Å²) >= 11 is 1.70. The minimum absolute atomic E-state index is 0. The van der Waals surface area contributed by atoms with Crippen molar-refractivity contribution in [1.82, 2.24) is 5.32 Å². The number of methoxy groups -OCH3 is 1. The Morgan fingerprint density at radius 1 is 1.13 bits per heavy atom. The van der Waals surface area contributed by atoms with Crippen LogP contribution in [0.5, 0.6) is 11.5 Å². The van der Waals surface area contributed by atoms with Gasteiger partial charge in [0.2, 0.25) is 0 Å². The molecule has 0 amide bonds. The van der Waals surface area contributed by atoms with Gasteiger partial charge in [0.25, 0.3) is 0 Å². The van der Waals surface area contributed by atoms with Crippen LogP contribution in [0.25, 0.3) is 0 Å². The van der Waals surface area contributed by atoms with Crippen molar-refractivity contribution < 1.29 is 9.47 Å². The van der Waals surface area contributed by atoms with Gasteiger partial charge in [-0.15, -0.1) is 23.7 Å².